The molecule has 2 unspecified atom stereocenters. The second-order valence-corrected chi connectivity index (χ2v) is 6.34. The number of halogens is 2. The molecule has 21 heavy (non-hydrogen) atoms. The Balaban J connectivity index is 2.57. The third-order valence-corrected chi connectivity index (χ3v) is 4.73. The van der Waals surface area contributed by atoms with E-state index in [1.54, 1.807) is 18.2 Å². The summed E-state index contributed by atoms with van der Waals surface area (Å²) in [6.07, 6.45) is 3.32. The van der Waals surface area contributed by atoms with Crippen LogP contribution in [-0.4, -0.2) is 22.2 Å². The van der Waals surface area contributed by atoms with Crippen molar-refractivity contribution in [2.75, 3.05) is 0 Å². The molecule has 0 saturated heterocycles. The fourth-order valence-electron chi connectivity index (χ4n) is 2.73. The number of carboxylic acids is 2. The smallest absolute Gasteiger partial charge is 0.314 e. The molecule has 4 nitrogen and oxygen atoms in total. The standard InChI is InChI=1S/C15H14Cl2O4/c1-14(12(18)19)5-2-6-15(8-14,13(20)21)9-3-4-10(16)11(17)7-9/h2-5,7H,6,8H2,1H3,(H,18,19)(H,20,21). The van der Waals surface area contributed by atoms with Gasteiger partial charge < -0.3 is 10.2 Å². The van der Waals surface area contributed by atoms with Crippen LogP contribution in [0.1, 0.15) is 25.3 Å². The van der Waals surface area contributed by atoms with Crippen LogP contribution >= 0.6 is 23.2 Å². The number of carbonyl (C=O) groups is 2. The monoisotopic (exact) mass is 328 g/mol. The van der Waals surface area contributed by atoms with Gasteiger partial charge in [0.2, 0.25) is 0 Å². The van der Waals surface area contributed by atoms with Gasteiger partial charge in [0.05, 0.1) is 20.9 Å². The Morgan fingerprint density at radius 2 is 1.81 bits per heavy atom. The lowest BCUT2D eigenvalue weighted by molar-refractivity contribution is -0.151. The van der Waals surface area contributed by atoms with Crippen molar-refractivity contribution in [2.45, 2.75) is 25.2 Å². The van der Waals surface area contributed by atoms with E-state index in [0.717, 1.165) is 0 Å². The molecule has 1 aromatic rings. The van der Waals surface area contributed by atoms with Crippen molar-refractivity contribution in [3.63, 3.8) is 0 Å². The maximum atomic E-state index is 11.9. The Kier molecular flexibility index (Phi) is 4.04. The van der Waals surface area contributed by atoms with Gasteiger partial charge in [0.15, 0.2) is 0 Å². The van der Waals surface area contributed by atoms with E-state index >= 15 is 0 Å². The maximum absolute atomic E-state index is 11.9. The predicted molar refractivity (Wildman–Crippen MR) is 79.9 cm³/mol. The van der Waals surface area contributed by atoms with Gasteiger partial charge in [0.1, 0.15) is 0 Å². The zero-order valence-electron chi connectivity index (χ0n) is 11.3. The highest BCUT2D eigenvalue weighted by Crippen LogP contribution is 2.46. The number of hydrogen-bond donors (Lipinski definition) is 2. The van der Waals surface area contributed by atoms with Crippen LogP contribution in [0.5, 0.6) is 0 Å². The number of benzene rings is 1. The molecule has 0 radical (unpaired) electrons. The summed E-state index contributed by atoms with van der Waals surface area (Å²) in [7, 11) is 0. The zero-order chi connectivity index (χ0) is 15.8. The molecule has 1 aromatic carbocycles. The molecule has 112 valence electrons. The fourth-order valence-corrected chi connectivity index (χ4v) is 3.02. The summed E-state index contributed by atoms with van der Waals surface area (Å²) in [5.41, 5.74) is -2.10. The molecule has 0 heterocycles. The van der Waals surface area contributed by atoms with Crippen molar-refractivity contribution in [1.82, 2.24) is 0 Å². The van der Waals surface area contributed by atoms with E-state index < -0.39 is 22.8 Å². The lowest BCUT2D eigenvalue weighted by Crippen LogP contribution is -2.45. The first kappa shape index (κ1) is 15.9. The van der Waals surface area contributed by atoms with E-state index in [0.29, 0.717) is 10.6 Å². The highest BCUT2D eigenvalue weighted by Gasteiger charge is 2.49. The van der Waals surface area contributed by atoms with Crippen molar-refractivity contribution in [2.24, 2.45) is 5.41 Å². The predicted octanol–water partition coefficient (Wildman–Crippen LogP) is 3.76. The second-order valence-electron chi connectivity index (χ2n) is 5.52. The lowest BCUT2D eigenvalue weighted by atomic mass is 9.63. The Hall–Kier alpha value is -1.52. The van der Waals surface area contributed by atoms with Gasteiger partial charge in [-0.05, 0) is 37.5 Å². The molecule has 1 aliphatic carbocycles. The maximum Gasteiger partial charge on any atom is 0.314 e. The minimum Gasteiger partial charge on any atom is -0.481 e. The summed E-state index contributed by atoms with van der Waals surface area (Å²) in [5, 5.41) is 19.7. The van der Waals surface area contributed by atoms with Crippen LogP contribution in [0, 0.1) is 5.41 Å². The highest BCUT2D eigenvalue weighted by atomic mass is 35.5. The number of carboxylic acid groups (broad SMARTS) is 2. The molecule has 6 heteroatoms. The van der Waals surface area contributed by atoms with Crippen LogP contribution in [0.4, 0.5) is 0 Å². The van der Waals surface area contributed by atoms with E-state index in [1.165, 1.54) is 19.1 Å². The molecule has 2 N–H and O–H groups in total. The Labute approximate surface area is 132 Å². The third kappa shape index (κ3) is 2.65. The summed E-state index contributed by atoms with van der Waals surface area (Å²) in [4.78, 5) is 23.3. The molecule has 0 fully saturated rings. The number of aliphatic carboxylic acids is 2. The summed E-state index contributed by atoms with van der Waals surface area (Å²) < 4.78 is 0. The van der Waals surface area contributed by atoms with Gasteiger partial charge in [-0.3, -0.25) is 9.59 Å². The molecule has 0 aromatic heterocycles. The summed E-state index contributed by atoms with van der Waals surface area (Å²) in [6.45, 7) is 1.51. The Morgan fingerprint density at radius 3 is 2.33 bits per heavy atom. The van der Waals surface area contributed by atoms with E-state index in [9.17, 15) is 19.8 Å². The molecule has 2 rings (SSSR count). The van der Waals surface area contributed by atoms with Gasteiger partial charge in [-0.15, -0.1) is 0 Å². The van der Waals surface area contributed by atoms with Crippen LogP contribution in [0.25, 0.3) is 0 Å². The molecule has 0 aliphatic heterocycles. The molecule has 1 aliphatic rings. The van der Waals surface area contributed by atoms with Crippen molar-refractivity contribution in [3.8, 4) is 0 Å². The Bertz CT molecular complexity index is 641. The largest absolute Gasteiger partial charge is 0.481 e. The first-order valence-electron chi connectivity index (χ1n) is 6.31. The van der Waals surface area contributed by atoms with Crippen molar-refractivity contribution in [1.29, 1.82) is 0 Å². The molecular weight excluding hydrogens is 315 g/mol. The third-order valence-electron chi connectivity index (χ3n) is 3.99. The molecule has 0 amide bonds. The van der Waals surface area contributed by atoms with Gasteiger partial charge in [0.25, 0.3) is 0 Å². The number of rotatable bonds is 3. The zero-order valence-corrected chi connectivity index (χ0v) is 12.8. The first-order valence-corrected chi connectivity index (χ1v) is 7.07. The van der Waals surface area contributed by atoms with E-state index in [1.807, 2.05) is 0 Å². The van der Waals surface area contributed by atoms with Crippen LogP contribution in [0.2, 0.25) is 10.0 Å². The van der Waals surface area contributed by atoms with Crippen molar-refractivity contribution < 1.29 is 19.8 Å². The Morgan fingerprint density at radius 1 is 1.14 bits per heavy atom. The van der Waals surface area contributed by atoms with Gasteiger partial charge in [-0.1, -0.05) is 41.4 Å². The number of hydrogen-bond acceptors (Lipinski definition) is 2. The summed E-state index contributed by atoms with van der Waals surface area (Å²) >= 11 is 11.8. The topological polar surface area (TPSA) is 74.6 Å². The number of allylic oxidation sites excluding steroid dienone is 1. The molecule has 0 bridgehead atoms. The molecular formula is C15H14Cl2O4. The summed E-state index contributed by atoms with van der Waals surface area (Å²) in [6, 6.07) is 4.61. The van der Waals surface area contributed by atoms with Crippen molar-refractivity contribution in [3.05, 3.63) is 46.0 Å². The quantitative estimate of drug-likeness (QED) is 0.828. The van der Waals surface area contributed by atoms with Crippen LogP contribution in [0.3, 0.4) is 0 Å². The lowest BCUT2D eigenvalue weighted by Gasteiger charge is -2.38. The minimum atomic E-state index is -1.32. The van der Waals surface area contributed by atoms with Gasteiger partial charge >= 0.3 is 11.9 Å². The normalized spacial score (nSPS) is 28.3. The van der Waals surface area contributed by atoms with Gasteiger partial charge in [0, 0.05) is 0 Å². The van der Waals surface area contributed by atoms with E-state index in [2.05, 4.69) is 0 Å². The second kappa shape index (κ2) is 5.35. The van der Waals surface area contributed by atoms with Crippen molar-refractivity contribution >= 4 is 35.1 Å². The highest BCUT2D eigenvalue weighted by molar-refractivity contribution is 6.42. The first-order chi connectivity index (χ1) is 9.71. The van der Waals surface area contributed by atoms with Crippen LogP contribution in [0.15, 0.2) is 30.4 Å². The van der Waals surface area contributed by atoms with E-state index in [-0.39, 0.29) is 17.9 Å². The fraction of sp³-hybridized carbons (Fsp3) is 0.333. The van der Waals surface area contributed by atoms with Crippen LogP contribution < -0.4 is 0 Å². The van der Waals surface area contributed by atoms with E-state index in [4.69, 9.17) is 23.2 Å². The van der Waals surface area contributed by atoms with Gasteiger partial charge in [-0.25, -0.2) is 0 Å². The van der Waals surface area contributed by atoms with Gasteiger partial charge in [-0.2, -0.15) is 0 Å². The molecule has 0 spiro atoms. The molecule has 2 atom stereocenters. The average Bonchev–Trinajstić information content (AvgIpc) is 2.41. The minimum absolute atomic E-state index is 0.0425. The molecule has 0 saturated carbocycles. The average molecular weight is 329 g/mol. The summed E-state index contributed by atoms with van der Waals surface area (Å²) in [5.74, 6) is -2.12. The van der Waals surface area contributed by atoms with Crippen LogP contribution in [-0.2, 0) is 15.0 Å². The SMILES string of the molecule is CC1(C(=O)O)C=CCC(C(=O)O)(c2ccc(Cl)c(Cl)c2)C1.